The number of nitrogens with one attached hydrogen (secondary N) is 1. The maximum atomic E-state index is 10.8. The molecule has 1 N–H and O–H groups in total. The van der Waals surface area contributed by atoms with Crippen molar-refractivity contribution in [1.29, 1.82) is 0 Å². The smallest absolute Gasteiger partial charge is 0.278 e. The van der Waals surface area contributed by atoms with Gasteiger partial charge >= 0.3 is 0 Å². The highest BCUT2D eigenvalue weighted by Gasteiger charge is 2.17. The van der Waals surface area contributed by atoms with Crippen molar-refractivity contribution in [3.05, 3.63) is 56.4 Å². The molecule has 1 aromatic heterocycles. The molecule has 0 aliphatic heterocycles. The Labute approximate surface area is 119 Å². The SMILES string of the molecule is CCNCc1ccn(-c2cc([N+](=O)[O-])cc([N+](=O)[O-])c2)n1. The summed E-state index contributed by atoms with van der Waals surface area (Å²) >= 11 is 0. The maximum Gasteiger partial charge on any atom is 0.278 e. The summed E-state index contributed by atoms with van der Waals surface area (Å²) in [5.74, 6) is 0. The van der Waals surface area contributed by atoms with Crippen LogP contribution < -0.4 is 5.32 Å². The molecule has 0 fully saturated rings. The van der Waals surface area contributed by atoms with Crippen molar-refractivity contribution >= 4 is 11.4 Å². The van der Waals surface area contributed by atoms with Crippen LogP contribution in [0, 0.1) is 20.2 Å². The van der Waals surface area contributed by atoms with Crippen molar-refractivity contribution in [1.82, 2.24) is 15.1 Å². The number of nitro groups is 2. The fraction of sp³-hybridized carbons (Fsp3) is 0.250. The Bertz CT molecular complexity index is 650. The monoisotopic (exact) mass is 291 g/mol. The molecule has 0 unspecified atom stereocenters. The molecule has 110 valence electrons. The quantitative estimate of drug-likeness (QED) is 0.640. The van der Waals surface area contributed by atoms with Gasteiger partial charge in [-0.3, -0.25) is 20.2 Å². The van der Waals surface area contributed by atoms with Crippen LogP contribution in [0.1, 0.15) is 12.6 Å². The highest BCUT2D eigenvalue weighted by atomic mass is 16.6. The molecule has 0 radical (unpaired) electrons. The first kappa shape index (κ1) is 14.6. The van der Waals surface area contributed by atoms with Crippen LogP contribution in [-0.4, -0.2) is 26.2 Å². The van der Waals surface area contributed by atoms with Gasteiger partial charge in [0, 0.05) is 24.9 Å². The molecule has 0 bridgehead atoms. The third-order valence-electron chi connectivity index (χ3n) is 2.77. The van der Waals surface area contributed by atoms with Crippen molar-refractivity contribution in [3.8, 4) is 5.69 Å². The van der Waals surface area contributed by atoms with E-state index < -0.39 is 9.85 Å². The van der Waals surface area contributed by atoms with Crippen LogP contribution in [0.3, 0.4) is 0 Å². The molecule has 21 heavy (non-hydrogen) atoms. The number of hydrogen-bond acceptors (Lipinski definition) is 6. The second-order valence-corrected chi connectivity index (χ2v) is 4.25. The van der Waals surface area contributed by atoms with Crippen LogP contribution in [-0.2, 0) is 6.54 Å². The van der Waals surface area contributed by atoms with Gasteiger partial charge in [-0.2, -0.15) is 5.10 Å². The van der Waals surface area contributed by atoms with Gasteiger partial charge in [0.05, 0.1) is 27.3 Å². The lowest BCUT2D eigenvalue weighted by Crippen LogP contribution is -2.12. The fourth-order valence-electron chi connectivity index (χ4n) is 1.78. The average Bonchev–Trinajstić information content (AvgIpc) is 2.93. The van der Waals surface area contributed by atoms with E-state index in [2.05, 4.69) is 10.4 Å². The lowest BCUT2D eigenvalue weighted by atomic mass is 10.2. The Balaban J connectivity index is 2.40. The Morgan fingerprint density at radius 3 is 2.33 bits per heavy atom. The van der Waals surface area contributed by atoms with Crippen LogP contribution in [0.2, 0.25) is 0 Å². The minimum Gasteiger partial charge on any atom is -0.311 e. The van der Waals surface area contributed by atoms with E-state index in [0.29, 0.717) is 6.54 Å². The van der Waals surface area contributed by atoms with E-state index in [1.807, 2.05) is 6.92 Å². The summed E-state index contributed by atoms with van der Waals surface area (Å²) in [7, 11) is 0. The number of nitrogens with zero attached hydrogens (tertiary/aromatic N) is 4. The third kappa shape index (κ3) is 3.39. The van der Waals surface area contributed by atoms with E-state index in [1.165, 1.54) is 16.8 Å². The van der Waals surface area contributed by atoms with Crippen LogP contribution in [0.15, 0.2) is 30.5 Å². The van der Waals surface area contributed by atoms with Crippen LogP contribution >= 0.6 is 0 Å². The first-order valence-electron chi connectivity index (χ1n) is 6.20. The summed E-state index contributed by atoms with van der Waals surface area (Å²) in [6, 6.07) is 5.16. The van der Waals surface area contributed by atoms with Gasteiger partial charge in [0.15, 0.2) is 0 Å². The molecule has 2 rings (SSSR count). The molecular weight excluding hydrogens is 278 g/mol. The van der Waals surface area contributed by atoms with Crippen LogP contribution in [0.5, 0.6) is 0 Å². The second-order valence-electron chi connectivity index (χ2n) is 4.25. The van der Waals surface area contributed by atoms with Gasteiger partial charge in [0.1, 0.15) is 0 Å². The third-order valence-corrected chi connectivity index (χ3v) is 2.77. The Morgan fingerprint density at radius 2 is 1.81 bits per heavy atom. The Morgan fingerprint density at radius 1 is 1.19 bits per heavy atom. The van der Waals surface area contributed by atoms with Crippen LogP contribution in [0.25, 0.3) is 5.69 Å². The first-order chi connectivity index (χ1) is 10.0. The Kier molecular flexibility index (Phi) is 4.24. The standard InChI is InChI=1S/C12H13N5O4/c1-2-13-8-9-3-4-15(14-9)10-5-11(16(18)19)7-12(6-10)17(20)21/h3-7,13H,2,8H2,1H3. The molecule has 0 saturated carbocycles. The minimum atomic E-state index is -0.667. The Hall–Kier alpha value is -2.81. The van der Waals surface area contributed by atoms with Gasteiger partial charge < -0.3 is 5.32 Å². The lowest BCUT2D eigenvalue weighted by molar-refractivity contribution is -0.394. The predicted molar refractivity (Wildman–Crippen MR) is 74.3 cm³/mol. The topological polar surface area (TPSA) is 116 Å². The maximum absolute atomic E-state index is 10.8. The molecule has 0 aliphatic carbocycles. The molecule has 2 aromatic rings. The summed E-state index contributed by atoms with van der Waals surface area (Å²) < 4.78 is 1.38. The van der Waals surface area contributed by atoms with Gasteiger partial charge in [-0.15, -0.1) is 0 Å². The molecule has 9 nitrogen and oxygen atoms in total. The normalized spacial score (nSPS) is 10.5. The molecule has 1 heterocycles. The summed E-state index contributed by atoms with van der Waals surface area (Å²) in [6.07, 6.45) is 1.61. The van der Waals surface area contributed by atoms with E-state index >= 15 is 0 Å². The molecule has 1 aromatic carbocycles. The van der Waals surface area contributed by atoms with Gasteiger partial charge in [-0.25, -0.2) is 4.68 Å². The van der Waals surface area contributed by atoms with Crippen molar-refractivity contribution in [2.75, 3.05) is 6.54 Å². The highest BCUT2D eigenvalue weighted by Crippen LogP contribution is 2.24. The predicted octanol–water partition coefficient (Wildman–Crippen LogP) is 1.80. The average molecular weight is 291 g/mol. The van der Waals surface area contributed by atoms with Crippen molar-refractivity contribution in [2.24, 2.45) is 0 Å². The molecule has 0 spiro atoms. The van der Waals surface area contributed by atoms with E-state index in [9.17, 15) is 20.2 Å². The number of rotatable bonds is 6. The summed E-state index contributed by atoms with van der Waals surface area (Å²) in [4.78, 5) is 20.4. The molecular formula is C12H13N5O4. The van der Waals surface area contributed by atoms with Gasteiger partial charge in [0.25, 0.3) is 11.4 Å². The summed E-state index contributed by atoms with van der Waals surface area (Å²) in [5.41, 5.74) is 0.329. The number of aromatic nitrogens is 2. The number of benzene rings is 1. The van der Waals surface area contributed by atoms with E-state index in [4.69, 9.17) is 0 Å². The molecule has 0 aliphatic rings. The van der Waals surface area contributed by atoms with E-state index in [-0.39, 0.29) is 17.1 Å². The van der Waals surface area contributed by atoms with Gasteiger partial charge in [0.2, 0.25) is 0 Å². The molecule has 0 atom stereocenters. The van der Waals surface area contributed by atoms with Gasteiger partial charge in [-0.1, -0.05) is 6.92 Å². The zero-order valence-electron chi connectivity index (χ0n) is 11.2. The zero-order chi connectivity index (χ0) is 15.4. The van der Waals surface area contributed by atoms with E-state index in [0.717, 1.165) is 18.3 Å². The molecule has 0 saturated heterocycles. The molecule has 9 heteroatoms. The van der Waals surface area contributed by atoms with Gasteiger partial charge in [-0.05, 0) is 12.6 Å². The van der Waals surface area contributed by atoms with Crippen molar-refractivity contribution < 1.29 is 9.85 Å². The summed E-state index contributed by atoms with van der Waals surface area (Å²) in [6.45, 7) is 3.30. The van der Waals surface area contributed by atoms with Crippen molar-refractivity contribution in [3.63, 3.8) is 0 Å². The first-order valence-corrected chi connectivity index (χ1v) is 6.20. The minimum absolute atomic E-state index is 0.277. The lowest BCUT2D eigenvalue weighted by Gasteiger charge is -2.02. The zero-order valence-corrected chi connectivity index (χ0v) is 11.2. The number of nitro benzene ring substituents is 2. The molecule has 0 amide bonds. The fourth-order valence-corrected chi connectivity index (χ4v) is 1.78. The number of non-ortho nitro benzene ring substituents is 2. The van der Waals surface area contributed by atoms with E-state index in [1.54, 1.807) is 12.3 Å². The summed E-state index contributed by atoms with van der Waals surface area (Å²) in [5, 5.41) is 29.0. The highest BCUT2D eigenvalue weighted by molar-refractivity contribution is 5.52. The number of hydrogen-bond donors (Lipinski definition) is 1. The van der Waals surface area contributed by atoms with Crippen molar-refractivity contribution in [2.45, 2.75) is 13.5 Å². The van der Waals surface area contributed by atoms with Crippen LogP contribution in [0.4, 0.5) is 11.4 Å². The largest absolute Gasteiger partial charge is 0.311 e. The second kappa shape index (κ2) is 6.09.